The molecule has 1 amide bonds. The molecule has 6 nitrogen and oxygen atoms in total. The van der Waals surface area contributed by atoms with Crippen molar-refractivity contribution in [2.24, 2.45) is 0 Å². The Bertz CT molecular complexity index is 1020. The number of carboxylic acids is 1. The fourth-order valence-electron chi connectivity index (χ4n) is 3.47. The minimum Gasteiger partial charge on any atom is -0.494 e. The molecule has 1 unspecified atom stereocenters. The zero-order valence-corrected chi connectivity index (χ0v) is 19.6. The van der Waals surface area contributed by atoms with Gasteiger partial charge < -0.3 is 15.2 Å². The van der Waals surface area contributed by atoms with Gasteiger partial charge in [0.2, 0.25) is 6.41 Å². The number of rotatable bonds is 14. The topological polar surface area (TPSA) is 88.5 Å². The monoisotopic (exact) mass is 466 g/mol. The smallest absolute Gasteiger partial charge is 0.326 e. The average molecular weight is 467 g/mol. The van der Waals surface area contributed by atoms with Crippen LogP contribution in [0.3, 0.4) is 0 Å². The SMILES string of the molecule is CCCCCCCOc1ccc(-c2ncc(-c3ccc(CC(NC=O)C(=O)O)cc3)s2)cc1. The Morgan fingerprint density at radius 3 is 2.42 bits per heavy atom. The molecule has 1 heterocycles. The highest BCUT2D eigenvalue weighted by Gasteiger charge is 2.16. The van der Waals surface area contributed by atoms with Gasteiger partial charge in [-0.3, -0.25) is 4.79 Å². The number of carbonyl (C=O) groups excluding carboxylic acids is 1. The molecule has 3 rings (SSSR count). The van der Waals surface area contributed by atoms with Crippen LogP contribution < -0.4 is 10.1 Å². The van der Waals surface area contributed by atoms with Gasteiger partial charge in [0.1, 0.15) is 16.8 Å². The molecule has 0 aliphatic rings. The summed E-state index contributed by atoms with van der Waals surface area (Å²) in [6, 6.07) is 14.8. The Morgan fingerprint density at radius 1 is 1.06 bits per heavy atom. The lowest BCUT2D eigenvalue weighted by molar-refractivity contribution is -0.140. The van der Waals surface area contributed by atoms with Crippen molar-refractivity contribution in [1.29, 1.82) is 0 Å². The van der Waals surface area contributed by atoms with Crippen molar-refractivity contribution in [2.45, 2.75) is 51.5 Å². The number of aromatic nitrogens is 1. The molecule has 3 aromatic rings. The van der Waals surface area contributed by atoms with E-state index < -0.39 is 12.0 Å². The van der Waals surface area contributed by atoms with Gasteiger partial charge >= 0.3 is 5.97 Å². The Balaban J connectivity index is 1.57. The molecule has 7 heteroatoms. The van der Waals surface area contributed by atoms with Crippen LogP contribution in [0.5, 0.6) is 5.75 Å². The van der Waals surface area contributed by atoms with Crippen LogP contribution in [0.1, 0.15) is 44.6 Å². The Kier molecular flexibility index (Phi) is 9.44. The third kappa shape index (κ3) is 7.43. The number of ether oxygens (including phenoxy) is 1. The first-order valence-electron chi connectivity index (χ1n) is 11.3. The fraction of sp³-hybridized carbons (Fsp3) is 0.346. The maximum Gasteiger partial charge on any atom is 0.326 e. The first kappa shape index (κ1) is 24.5. The second-order valence-electron chi connectivity index (χ2n) is 7.89. The van der Waals surface area contributed by atoms with E-state index in [0.717, 1.165) is 45.4 Å². The van der Waals surface area contributed by atoms with Crippen molar-refractivity contribution in [3.63, 3.8) is 0 Å². The number of aliphatic carboxylic acids is 1. The number of amides is 1. The van der Waals surface area contributed by atoms with Crippen molar-refractivity contribution in [1.82, 2.24) is 10.3 Å². The number of hydrogen-bond acceptors (Lipinski definition) is 5. The second kappa shape index (κ2) is 12.7. The molecule has 0 aliphatic heterocycles. The zero-order chi connectivity index (χ0) is 23.5. The van der Waals surface area contributed by atoms with Crippen LogP contribution in [-0.4, -0.2) is 35.1 Å². The van der Waals surface area contributed by atoms with E-state index in [1.165, 1.54) is 25.7 Å². The summed E-state index contributed by atoms with van der Waals surface area (Å²) < 4.78 is 5.84. The van der Waals surface area contributed by atoms with Gasteiger partial charge in [0, 0.05) is 18.2 Å². The van der Waals surface area contributed by atoms with Gasteiger partial charge in [0.05, 0.1) is 11.5 Å². The predicted molar refractivity (Wildman–Crippen MR) is 132 cm³/mol. The number of carbonyl (C=O) groups is 2. The standard InChI is InChI=1S/C26H30N2O4S/c1-2-3-4-5-6-15-32-22-13-11-21(12-14-22)25-27-17-24(33-25)20-9-7-19(8-10-20)16-23(26(30)31)28-18-29/h7-14,17-18,23H,2-6,15-16H2,1H3,(H,28,29)(H,30,31). The molecule has 0 radical (unpaired) electrons. The summed E-state index contributed by atoms with van der Waals surface area (Å²) in [5.41, 5.74) is 2.90. The van der Waals surface area contributed by atoms with E-state index in [2.05, 4.69) is 17.2 Å². The molecule has 2 N–H and O–H groups in total. The van der Waals surface area contributed by atoms with Crippen LogP contribution in [0, 0.1) is 0 Å². The summed E-state index contributed by atoms with van der Waals surface area (Å²) in [7, 11) is 0. The molecular formula is C26H30N2O4S. The largest absolute Gasteiger partial charge is 0.494 e. The predicted octanol–water partition coefficient (Wildman–Crippen LogP) is 5.57. The van der Waals surface area contributed by atoms with Crippen LogP contribution in [0.25, 0.3) is 21.0 Å². The van der Waals surface area contributed by atoms with Crippen molar-refractivity contribution in [3.8, 4) is 26.8 Å². The summed E-state index contributed by atoms with van der Waals surface area (Å²) in [6.45, 7) is 2.97. The molecule has 1 atom stereocenters. The second-order valence-corrected chi connectivity index (χ2v) is 8.92. The zero-order valence-electron chi connectivity index (χ0n) is 18.8. The normalized spacial score (nSPS) is 11.7. The maximum absolute atomic E-state index is 11.2. The quantitative estimate of drug-likeness (QED) is 0.240. The van der Waals surface area contributed by atoms with E-state index in [9.17, 15) is 14.7 Å². The van der Waals surface area contributed by atoms with Crippen molar-refractivity contribution < 1.29 is 19.4 Å². The number of benzene rings is 2. The molecule has 2 aromatic carbocycles. The summed E-state index contributed by atoms with van der Waals surface area (Å²) in [6.07, 6.45) is 8.61. The highest BCUT2D eigenvalue weighted by Crippen LogP contribution is 2.33. The van der Waals surface area contributed by atoms with E-state index in [1.807, 2.05) is 54.7 Å². The van der Waals surface area contributed by atoms with Crippen molar-refractivity contribution in [2.75, 3.05) is 6.61 Å². The molecule has 0 saturated carbocycles. The molecule has 1 aromatic heterocycles. The van der Waals surface area contributed by atoms with Gasteiger partial charge in [-0.2, -0.15) is 0 Å². The van der Waals surface area contributed by atoms with Crippen LogP contribution >= 0.6 is 11.3 Å². The highest BCUT2D eigenvalue weighted by molar-refractivity contribution is 7.18. The average Bonchev–Trinajstić information content (AvgIpc) is 3.32. The molecule has 174 valence electrons. The number of nitrogens with one attached hydrogen (secondary N) is 1. The summed E-state index contributed by atoms with van der Waals surface area (Å²) in [5.74, 6) is -0.174. The van der Waals surface area contributed by atoms with E-state index in [-0.39, 0.29) is 6.42 Å². The number of carboxylic acid groups (broad SMARTS) is 1. The fourth-order valence-corrected chi connectivity index (χ4v) is 4.40. The minimum absolute atomic E-state index is 0.232. The molecule has 0 fully saturated rings. The molecule has 0 aliphatic carbocycles. The first-order chi connectivity index (χ1) is 16.1. The van der Waals surface area contributed by atoms with Crippen LogP contribution in [0.2, 0.25) is 0 Å². The number of nitrogens with zero attached hydrogens (tertiary/aromatic N) is 1. The van der Waals surface area contributed by atoms with Gasteiger partial charge in [0.25, 0.3) is 0 Å². The minimum atomic E-state index is -1.05. The molecular weight excluding hydrogens is 436 g/mol. The third-order valence-electron chi connectivity index (χ3n) is 5.37. The van der Waals surface area contributed by atoms with Crippen molar-refractivity contribution in [3.05, 3.63) is 60.3 Å². The molecule has 0 spiro atoms. The molecule has 0 saturated heterocycles. The van der Waals surface area contributed by atoms with Crippen molar-refractivity contribution >= 4 is 23.7 Å². The van der Waals surface area contributed by atoms with E-state index in [1.54, 1.807) is 11.3 Å². The van der Waals surface area contributed by atoms with Gasteiger partial charge in [-0.05, 0) is 41.8 Å². The maximum atomic E-state index is 11.2. The van der Waals surface area contributed by atoms with Gasteiger partial charge in [-0.25, -0.2) is 9.78 Å². The summed E-state index contributed by atoms with van der Waals surface area (Å²) in [4.78, 5) is 27.4. The lowest BCUT2D eigenvalue weighted by atomic mass is 10.0. The Labute approximate surface area is 198 Å². The lowest BCUT2D eigenvalue weighted by Gasteiger charge is -2.11. The van der Waals surface area contributed by atoms with Gasteiger partial charge in [-0.1, -0.05) is 56.9 Å². The third-order valence-corrected chi connectivity index (χ3v) is 6.46. The van der Waals surface area contributed by atoms with Crippen LogP contribution in [0.15, 0.2) is 54.7 Å². The highest BCUT2D eigenvalue weighted by atomic mass is 32.1. The number of thiazole rings is 1. The Hall–Kier alpha value is -3.19. The van der Waals surface area contributed by atoms with Crippen LogP contribution in [0.4, 0.5) is 0 Å². The number of hydrogen-bond donors (Lipinski definition) is 2. The Morgan fingerprint density at radius 2 is 1.76 bits per heavy atom. The summed E-state index contributed by atoms with van der Waals surface area (Å²) in [5, 5.41) is 12.4. The van der Waals surface area contributed by atoms with E-state index in [0.29, 0.717) is 6.41 Å². The van der Waals surface area contributed by atoms with E-state index >= 15 is 0 Å². The molecule has 0 bridgehead atoms. The van der Waals surface area contributed by atoms with Gasteiger partial charge in [0.15, 0.2) is 0 Å². The first-order valence-corrected chi connectivity index (χ1v) is 12.1. The van der Waals surface area contributed by atoms with Gasteiger partial charge in [-0.15, -0.1) is 11.3 Å². The summed E-state index contributed by atoms with van der Waals surface area (Å²) >= 11 is 1.60. The molecule has 33 heavy (non-hydrogen) atoms. The van der Waals surface area contributed by atoms with Crippen LogP contribution in [-0.2, 0) is 16.0 Å². The van der Waals surface area contributed by atoms with E-state index in [4.69, 9.17) is 4.74 Å². The lowest BCUT2D eigenvalue weighted by Crippen LogP contribution is -2.37. The number of unbranched alkanes of at least 4 members (excludes halogenated alkanes) is 4.